The van der Waals surface area contributed by atoms with Crippen LogP contribution in [0.15, 0.2) is 54.6 Å². The van der Waals surface area contributed by atoms with Crippen LogP contribution < -0.4 is 10.6 Å². The quantitative estimate of drug-likeness (QED) is 0.691. The average molecular weight is 392 g/mol. The number of amides is 2. The molecule has 2 rings (SSSR count). The summed E-state index contributed by atoms with van der Waals surface area (Å²) in [5.41, 5.74) is 1.81. The Morgan fingerprint density at radius 2 is 1.85 bits per heavy atom. The summed E-state index contributed by atoms with van der Waals surface area (Å²) in [5.74, 6) is 0.570. The van der Waals surface area contributed by atoms with Gasteiger partial charge in [-0.25, -0.2) is 9.18 Å². The van der Waals surface area contributed by atoms with Crippen LogP contribution in [0.5, 0.6) is 0 Å². The number of hydrogen-bond acceptors (Lipinski definition) is 3. The van der Waals surface area contributed by atoms with Gasteiger partial charge in [0.25, 0.3) is 0 Å². The molecule has 0 saturated heterocycles. The molecule has 7 heteroatoms. The van der Waals surface area contributed by atoms with E-state index in [0.29, 0.717) is 24.6 Å². The predicted octanol–water partition coefficient (Wildman–Crippen LogP) is 2.68. The highest BCUT2D eigenvalue weighted by Gasteiger charge is 2.15. The molecule has 0 spiro atoms. The van der Waals surface area contributed by atoms with Crippen molar-refractivity contribution in [1.29, 1.82) is 0 Å². The third-order valence-corrected chi connectivity index (χ3v) is 5.41. The van der Waals surface area contributed by atoms with E-state index < -0.39 is 10.8 Å². The van der Waals surface area contributed by atoms with Crippen molar-refractivity contribution in [3.63, 3.8) is 0 Å². The van der Waals surface area contributed by atoms with Gasteiger partial charge in [0.1, 0.15) is 5.82 Å². The first-order valence-corrected chi connectivity index (χ1v) is 10.3. The van der Waals surface area contributed by atoms with E-state index in [1.165, 1.54) is 12.1 Å². The highest BCUT2D eigenvalue weighted by Crippen LogP contribution is 2.18. The molecule has 27 heavy (non-hydrogen) atoms. The van der Waals surface area contributed by atoms with E-state index in [-0.39, 0.29) is 17.9 Å². The lowest BCUT2D eigenvalue weighted by atomic mass is 10.1. The number of likely N-dealkylation sites (N-methyl/N-ethyl adjacent to an activating group) is 1. The number of nitrogens with zero attached hydrogens (tertiary/aromatic N) is 1. The molecule has 0 aliphatic rings. The zero-order chi connectivity index (χ0) is 19.6. The lowest BCUT2D eigenvalue weighted by Crippen LogP contribution is -2.41. The summed E-state index contributed by atoms with van der Waals surface area (Å²) in [6, 6.07) is 15.5. The average Bonchev–Trinajstić information content (AvgIpc) is 2.62. The number of urea groups is 1. The molecule has 0 aliphatic carbocycles. The number of nitrogens with one attached hydrogen (secondary N) is 2. The Morgan fingerprint density at radius 3 is 2.52 bits per heavy atom. The van der Waals surface area contributed by atoms with Crippen molar-refractivity contribution in [2.24, 2.45) is 0 Å². The maximum absolute atomic E-state index is 13.4. The van der Waals surface area contributed by atoms with Crippen molar-refractivity contribution >= 4 is 16.8 Å². The minimum absolute atomic E-state index is 0.140. The van der Waals surface area contributed by atoms with E-state index in [9.17, 15) is 13.4 Å². The third kappa shape index (κ3) is 7.48. The minimum Gasteiger partial charge on any atom is -0.337 e. The van der Waals surface area contributed by atoms with E-state index in [4.69, 9.17) is 0 Å². The first-order chi connectivity index (χ1) is 13.0. The SMILES string of the molecule is CN(C)C(CNC(=O)NCCS(=O)Cc1ccccc1)c1cccc(F)c1. The molecule has 146 valence electrons. The molecule has 5 nitrogen and oxygen atoms in total. The number of rotatable bonds is 9. The van der Waals surface area contributed by atoms with Gasteiger partial charge in [0.15, 0.2) is 0 Å². The van der Waals surface area contributed by atoms with Crippen molar-refractivity contribution < 1.29 is 13.4 Å². The molecule has 0 aliphatic heterocycles. The molecule has 2 aromatic carbocycles. The van der Waals surface area contributed by atoms with E-state index in [1.807, 2.05) is 55.4 Å². The zero-order valence-electron chi connectivity index (χ0n) is 15.7. The van der Waals surface area contributed by atoms with E-state index in [1.54, 1.807) is 6.07 Å². The maximum Gasteiger partial charge on any atom is 0.314 e. The van der Waals surface area contributed by atoms with Crippen molar-refractivity contribution in [1.82, 2.24) is 15.5 Å². The molecule has 2 aromatic rings. The largest absolute Gasteiger partial charge is 0.337 e. The Morgan fingerprint density at radius 1 is 1.11 bits per heavy atom. The first kappa shape index (κ1) is 21.1. The highest BCUT2D eigenvalue weighted by atomic mass is 32.2. The van der Waals surface area contributed by atoms with Gasteiger partial charge in [-0.3, -0.25) is 4.21 Å². The van der Waals surface area contributed by atoms with Gasteiger partial charge in [-0.05, 0) is 37.4 Å². The van der Waals surface area contributed by atoms with Crippen LogP contribution in [0.2, 0.25) is 0 Å². The van der Waals surface area contributed by atoms with E-state index in [2.05, 4.69) is 10.6 Å². The van der Waals surface area contributed by atoms with Crippen molar-refractivity contribution in [3.8, 4) is 0 Å². The Kier molecular flexibility index (Phi) is 8.42. The summed E-state index contributed by atoms with van der Waals surface area (Å²) < 4.78 is 25.5. The second-order valence-corrected chi connectivity index (χ2v) is 8.02. The molecule has 0 fully saturated rings. The zero-order valence-corrected chi connectivity index (χ0v) is 16.5. The van der Waals surface area contributed by atoms with E-state index in [0.717, 1.165) is 11.1 Å². The molecular formula is C20H26FN3O2S. The summed E-state index contributed by atoms with van der Waals surface area (Å²) >= 11 is 0. The van der Waals surface area contributed by atoms with Gasteiger partial charge in [-0.2, -0.15) is 0 Å². The van der Waals surface area contributed by atoms with Crippen molar-refractivity contribution in [2.45, 2.75) is 11.8 Å². The molecule has 2 N–H and O–H groups in total. The molecule has 2 amide bonds. The number of carbonyl (C=O) groups excluding carboxylic acids is 1. The number of benzene rings is 2. The fourth-order valence-corrected chi connectivity index (χ4v) is 3.71. The molecule has 0 bridgehead atoms. The second-order valence-electron chi connectivity index (χ2n) is 6.45. The number of hydrogen-bond donors (Lipinski definition) is 2. The Hall–Kier alpha value is -2.25. The van der Waals surface area contributed by atoms with Crippen LogP contribution in [-0.4, -0.2) is 48.1 Å². The van der Waals surface area contributed by atoms with Crippen LogP contribution >= 0.6 is 0 Å². The fourth-order valence-electron chi connectivity index (χ4n) is 2.67. The van der Waals surface area contributed by atoms with Gasteiger partial charge in [-0.1, -0.05) is 42.5 Å². The van der Waals surface area contributed by atoms with Crippen LogP contribution in [0.1, 0.15) is 17.2 Å². The maximum atomic E-state index is 13.4. The second kappa shape index (κ2) is 10.8. The number of halogens is 1. The fraction of sp³-hybridized carbons (Fsp3) is 0.350. The Balaban J connectivity index is 1.73. The molecule has 2 unspecified atom stereocenters. The van der Waals surface area contributed by atoms with Crippen molar-refractivity contribution in [2.75, 3.05) is 32.9 Å². The molecule has 0 radical (unpaired) electrons. The van der Waals surface area contributed by atoms with E-state index >= 15 is 0 Å². The normalized spacial score (nSPS) is 13.2. The van der Waals surface area contributed by atoms with Crippen molar-refractivity contribution in [3.05, 3.63) is 71.5 Å². The summed E-state index contributed by atoms with van der Waals surface area (Å²) in [6.45, 7) is 0.674. The summed E-state index contributed by atoms with van der Waals surface area (Å²) in [4.78, 5) is 13.9. The summed E-state index contributed by atoms with van der Waals surface area (Å²) in [7, 11) is 2.72. The lowest BCUT2D eigenvalue weighted by Gasteiger charge is -2.25. The van der Waals surface area contributed by atoms with Gasteiger partial charge >= 0.3 is 6.03 Å². The molecule has 0 heterocycles. The smallest absolute Gasteiger partial charge is 0.314 e. The summed E-state index contributed by atoms with van der Waals surface area (Å²) in [5, 5.41) is 5.51. The van der Waals surface area contributed by atoms with Crippen LogP contribution in [0.25, 0.3) is 0 Å². The minimum atomic E-state index is -1.03. The lowest BCUT2D eigenvalue weighted by molar-refractivity contribution is 0.233. The van der Waals surface area contributed by atoms with Crippen LogP contribution in [0.3, 0.4) is 0 Å². The standard InChI is InChI=1S/C20H26FN3O2S/c1-24(2)19(17-9-6-10-18(21)13-17)14-23-20(25)22-11-12-27(26)15-16-7-4-3-5-8-16/h3-10,13,19H,11-12,14-15H2,1-2H3,(H2,22,23,25). The highest BCUT2D eigenvalue weighted by molar-refractivity contribution is 7.84. The van der Waals surface area contributed by atoms with Gasteiger partial charge in [0.2, 0.25) is 0 Å². The summed E-state index contributed by atoms with van der Waals surface area (Å²) in [6.07, 6.45) is 0. The molecule has 2 atom stereocenters. The van der Waals surface area contributed by atoms with Gasteiger partial charge in [0, 0.05) is 35.4 Å². The van der Waals surface area contributed by atoms with Gasteiger partial charge in [-0.15, -0.1) is 0 Å². The molecular weight excluding hydrogens is 365 g/mol. The van der Waals surface area contributed by atoms with Gasteiger partial charge < -0.3 is 15.5 Å². The van der Waals surface area contributed by atoms with Crippen LogP contribution in [-0.2, 0) is 16.6 Å². The molecule has 0 saturated carbocycles. The molecule has 0 aromatic heterocycles. The monoisotopic (exact) mass is 391 g/mol. The third-order valence-electron chi connectivity index (χ3n) is 4.10. The number of carbonyl (C=O) groups is 1. The topological polar surface area (TPSA) is 61.4 Å². The first-order valence-electron chi connectivity index (χ1n) is 8.78. The van der Waals surface area contributed by atoms with Crippen LogP contribution in [0.4, 0.5) is 9.18 Å². The Labute approximate surface area is 162 Å². The Bertz CT molecular complexity index is 756. The predicted molar refractivity (Wildman–Crippen MR) is 107 cm³/mol. The van der Waals surface area contributed by atoms with Crippen LogP contribution in [0, 0.1) is 5.82 Å². The van der Waals surface area contributed by atoms with Gasteiger partial charge in [0.05, 0.1) is 6.04 Å².